The number of rotatable bonds is 5. The van der Waals surface area contributed by atoms with Gasteiger partial charge in [-0.05, 0) is 32.0 Å². The van der Waals surface area contributed by atoms with E-state index in [1.165, 1.54) is 11.3 Å². The number of anilines is 1. The van der Waals surface area contributed by atoms with Crippen molar-refractivity contribution in [3.63, 3.8) is 0 Å². The van der Waals surface area contributed by atoms with Gasteiger partial charge < -0.3 is 5.32 Å². The van der Waals surface area contributed by atoms with Crippen LogP contribution in [0.25, 0.3) is 0 Å². The Bertz CT molecular complexity index is 594. The standard InChI is InChI=1S/C15H19N3OS/c1-4-16-11(3)13-9-20-15(17-13)18-14(19)12-8-6-5-7-10(12)2/h5-9,11,16H,4H2,1-3H3,(H,17,18,19). The van der Waals surface area contributed by atoms with Crippen LogP contribution in [0.3, 0.4) is 0 Å². The SMILES string of the molecule is CCNC(C)c1csc(NC(=O)c2ccccc2C)n1. The van der Waals surface area contributed by atoms with Gasteiger partial charge >= 0.3 is 0 Å². The molecular weight excluding hydrogens is 270 g/mol. The highest BCUT2D eigenvalue weighted by Crippen LogP contribution is 2.21. The van der Waals surface area contributed by atoms with Crippen molar-refractivity contribution in [2.75, 3.05) is 11.9 Å². The Balaban J connectivity index is 2.07. The van der Waals surface area contributed by atoms with Gasteiger partial charge in [-0.15, -0.1) is 11.3 Å². The second-order valence-electron chi connectivity index (χ2n) is 4.63. The predicted octanol–water partition coefficient (Wildman–Crippen LogP) is 3.37. The van der Waals surface area contributed by atoms with E-state index < -0.39 is 0 Å². The van der Waals surface area contributed by atoms with Crippen LogP contribution in [-0.2, 0) is 0 Å². The third-order valence-corrected chi connectivity index (χ3v) is 3.86. The molecule has 0 radical (unpaired) electrons. The van der Waals surface area contributed by atoms with Gasteiger partial charge in [-0.2, -0.15) is 0 Å². The monoisotopic (exact) mass is 289 g/mol. The summed E-state index contributed by atoms with van der Waals surface area (Å²) in [5, 5.41) is 8.77. The average Bonchev–Trinajstić information content (AvgIpc) is 2.88. The maximum Gasteiger partial charge on any atom is 0.257 e. The van der Waals surface area contributed by atoms with Gasteiger partial charge in [0.2, 0.25) is 0 Å². The van der Waals surface area contributed by atoms with E-state index in [1.54, 1.807) is 0 Å². The molecule has 2 N–H and O–H groups in total. The lowest BCUT2D eigenvalue weighted by Crippen LogP contribution is -2.18. The van der Waals surface area contributed by atoms with Crippen molar-refractivity contribution in [1.29, 1.82) is 0 Å². The number of aryl methyl sites for hydroxylation is 1. The van der Waals surface area contributed by atoms with E-state index in [0.717, 1.165) is 17.8 Å². The van der Waals surface area contributed by atoms with Crippen molar-refractivity contribution in [2.24, 2.45) is 0 Å². The fourth-order valence-corrected chi connectivity index (χ4v) is 2.74. The number of nitrogens with one attached hydrogen (secondary N) is 2. The van der Waals surface area contributed by atoms with Gasteiger partial charge in [0.25, 0.3) is 5.91 Å². The molecule has 1 amide bonds. The second-order valence-corrected chi connectivity index (χ2v) is 5.48. The molecule has 0 aliphatic rings. The van der Waals surface area contributed by atoms with Crippen LogP contribution >= 0.6 is 11.3 Å². The molecular formula is C15H19N3OS. The molecule has 0 fully saturated rings. The van der Waals surface area contributed by atoms with Crippen molar-refractivity contribution in [3.8, 4) is 0 Å². The topological polar surface area (TPSA) is 54.0 Å². The summed E-state index contributed by atoms with van der Waals surface area (Å²) in [5.74, 6) is -0.111. The van der Waals surface area contributed by atoms with Gasteiger partial charge in [-0.1, -0.05) is 25.1 Å². The highest BCUT2D eigenvalue weighted by molar-refractivity contribution is 7.14. The summed E-state index contributed by atoms with van der Waals surface area (Å²) in [6.07, 6.45) is 0. The van der Waals surface area contributed by atoms with E-state index >= 15 is 0 Å². The van der Waals surface area contributed by atoms with Crippen LogP contribution < -0.4 is 10.6 Å². The van der Waals surface area contributed by atoms with E-state index in [2.05, 4.69) is 29.5 Å². The number of amides is 1. The van der Waals surface area contributed by atoms with Crippen molar-refractivity contribution in [3.05, 3.63) is 46.5 Å². The Labute approximate surface area is 123 Å². The predicted molar refractivity (Wildman–Crippen MR) is 83.3 cm³/mol. The lowest BCUT2D eigenvalue weighted by atomic mass is 10.1. The number of hydrogen-bond acceptors (Lipinski definition) is 4. The molecule has 106 valence electrons. The molecule has 0 bridgehead atoms. The number of carbonyl (C=O) groups is 1. The Morgan fingerprint density at radius 1 is 1.40 bits per heavy atom. The first-order valence-electron chi connectivity index (χ1n) is 6.67. The van der Waals surface area contributed by atoms with Crippen LogP contribution in [0.15, 0.2) is 29.6 Å². The molecule has 1 aromatic heterocycles. The molecule has 1 unspecified atom stereocenters. The maximum atomic E-state index is 12.2. The Hall–Kier alpha value is -1.72. The molecule has 5 heteroatoms. The van der Waals surface area contributed by atoms with Crippen LogP contribution in [0.5, 0.6) is 0 Å². The molecule has 1 atom stereocenters. The highest BCUT2D eigenvalue weighted by Gasteiger charge is 2.13. The molecule has 1 aromatic carbocycles. The minimum Gasteiger partial charge on any atom is -0.309 e. The summed E-state index contributed by atoms with van der Waals surface area (Å²) >= 11 is 1.45. The third kappa shape index (κ3) is 3.43. The summed E-state index contributed by atoms with van der Waals surface area (Å²) in [6.45, 7) is 6.94. The molecule has 0 saturated heterocycles. The lowest BCUT2D eigenvalue weighted by molar-refractivity contribution is 0.102. The molecule has 4 nitrogen and oxygen atoms in total. The number of benzene rings is 1. The summed E-state index contributed by atoms with van der Waals surface area (Å²) in [5.41, 5.74) is 2.60. The van der Waals surface area contributed by atoms with Crippen LogP contribution in [-0.4, -0.2) is 17.4 Å². The zero-order valence-electron chi connectivity index (χ0n) is 11.9. The van der Waals surface area contributed by atoms with Crippen molar-refractivity contribution < 1.29 is 4.79 Å². The fourth-order valence-electron chi connectivity index (χ4n) is 1.95. The zero-order chi connectivity index (χ0) is 14.5. The molecule has 2 aromatic rings. The minimum absolute atomic E-state index is 0.111. The summed E-state index contributed by atoms with van der Waals surface area (Å²) in [4.78, 5) is 16.6. The smallest absolute Gasteiger partial charge is 0.257 e. The van der Waals surface area contributed by atoms with Gasteiger partial charge in [0, 0.05) is 17.0 Å². The number of hydrogen-bond donors (Lipinski definition) is 2. The van der Waals surface area contributed by atoms with Crippen LogP contribution in [0.4, 0.5) is 5.13 Å². The number of carbonyl (C=O) groups excluding carboxylic acids is 1. The zero-order valence-corrected chi connectivity index (χ0v) is 12.8. The number of nitrogens with zero attached hydrogens (tertiary/aromatic N) is 1. The Morgan fingerprint density at radius 3 is 2.85 bits per heavy atom. The fraction of sp³-hybridized carbons (Fsp3) is 0.333. The second kappa shape index (κ2) is 6.63. The molecule has 0 saturated carbocycles. The van der Waals surface area contributed by atoms with Gasteiger partial charge in [0.05, 0.1) is 5.69 Å². The quantitative estimate of drug-likeness (QED) is 0.887. The summed E-state index contributed by atoms with van der Waals surface area (Å²) in [7, 11) is 0. The van der Waals surface area contributed by atoms with Gasteiger partial charge in [0.1, 0.15) is 0 Å². The Kier molecular flexibility index (Phi) is 4.87. The molecule has 20 heavy (non-hydrogen) atoms. The van der Waals surface area contributed by atoms with Crippen LogP contribution in [0.2, 0.25) is 0 Å². The first-order chi connectivity index (χ1) is 9.61. The van der Waals surface area contributed by atoms with Gasteiger partial charge in [-0.3, -0.25) is 10.1 Å². The molecule has 0 spiro atoms. The van der Waals surface area contributed by atoms with E-state index in [0.29, 0.717) is 10.7 Å². The van der Waals surface area contributed by atoms with Crippen molar-refractivity contribution in [1.82, 2.24) is 10.3 Å². The van der Waals surface area contributed by atoms with Crippen LogP contribution in [0, 0.1) is 6.92 Å². The first-order valence-corrected chi connectivity index (χ1v) is 7.55. The van der Waals surface area contributed by atoms with Gasteiger partial charge in [-0.25, -0.2) is 4.98 Å². The van der Waals surface area contributed by atoms with E-state index in [1.807, 2.05) is 36.6 Å². The van der Waals surface area contributed by atoms with Gasteiger partial charge in [0.15, 0.2) is 5.13 Å². The molecule has 0 aliphatic carbocycles. The summed E-state index contributed by atoms with van der Waals surface area (Å²) < 4.78 is 0. The lowest BCUT2D eigenvalue weighted by Gasteiger charge is -2.08. The normalized spacial score (nSPS) is 12.2. The summed E-state index contributed by atoms with van der Waals surface area (Å²) in [6, 6.07) is 7.73. The minimum atomic E-state index is -0.111. The largest absolute Gasteiger partial charge is 0.309 e. The van der Waals surface area contributed by atoms with Crippen LogP contribution in [0.1, 0.15) is 41.5 Å². The van der Waals surface area contributed by atoms with Crippen molar-refractivity contribution >= 4 is 22.4 Å². The highest BCUT2D eigenvalue weighted by atomic mass is 32.1. The Morgan fingerprint density at radius 2 is 2.15 bits per heavy atom. The molecule has 1 heterocycles. The number of aromatic nitrogens is 1. The van der Waals surface area contributed by atoms with Crippen molar-refractivity contribution in [2.45, 2.75) is 26.8 Å². The molecule has 2 rings (SSSR count). The van der Waals surface area contributed by atoms with E-state index in [4.69, 9.17) is 0 Å². The van der Waals surface area contributed by atoms with E-state index in [-0.39, 0.29) is 11.9 Å². The number of thiazole rings is 1. The maximum absolute atomic E-state index is 12.2. The average molecular weight is 289 g/mol. The van der Waals surface area contributed by atoms with E-state index in [9.17, 15) is 4.79 Å². The molecule has 0 aliphatic heterocycles. The third-order valence-electron chi connectivity index (χ3n) is 3.09. The first kappa shape index (κ1) is 14.7.